The molecule has 16 heavy (non-hydrogen) atoms. The Morgan fingerprint density at radius 3 is 2.81 bits per heavy atom. The van der Waals surface area contributed by atoms with Gasteiger partial charge in [0.1, 0.15) is 0 Å². The molecule has 0 radical (unpaired) electrons. The van der Waals surface area contributed by atoms with Crippen molar-refractivity contribution in [1.82, 2.24) is 10.2 Å². The maximum Gasteiger partial charge on any atom is 0.0967 e. The average Bonchev–Trinajstić information content (AvgIpc) is 3.00. The first kappa shape index (κ1) is 11.9. The Bertz CT molecular complexity index is 254. The van der Waals surface area contributed by atoms with E-state index >= 15 is 0 Å². The number of nitrogens with one attached hydrogen (secondary N) is 1. The fraction of sp³-hybridized carbons (Fsp3) is 0.923. The molecule has 0 aromatic rings. The van der Waals surface area contributed by atoms with Gasteiger partial charge in [0.05, 0.1) is 12.1 Å². The predicted molar refractivity (Wildman–Crippen MR) is 65.0 cm³/mol. The molecular formula is C13H23N3. The summed E-state index contributed by atoms with van der Waals surface area (Å²) in [4.78, 5) is 2.52. The van der Waals surface area contributed by atoms with Crippen LogP contribution in [0.1, 0.15) is 39.0 Å². The van der Waals surface area contributed by atoms with Crippen molar-refractivity contribution in [2.75, 3.05) is 19.6 Å². The summed E-state index contributed by atoms with van der Waals surface area (Å²) in [6.07, 6.45) is 6.17. The average molecular weight is 221 g/mol. The van der Waals surface area contributed by atoms with Gasteiger partial charge in [-0.25, -0.2) is 0 Å². The van der Waals surface area contributed by atoms with E-state index in [0.717, 1.165) is 18.9 Å². The van der Waals surface area contributed by atoms with Crippen LogP contribution in [0.4, 0.5) is 0 Å². The fourth-order valence-electron chi connectivity index (χ4n) is 2.48. The molecule has 3 heteroatoms. The lowest BCUT2D eigenvalue weighted by Gasteiger charge is -2.18. The maximum atomic E-state index is 9.04. The number of rotatable bonds is 6. The van der Waals surface area contributed by atoms with Gasteiger partial charge in [0.25, 0.3) is 0 Å². The zero-order valence-corrected chi connectivity index (χ0v) is 10.3. The van der Waals surface area contributed by atoms with Crippen LogP contribution in [-0.2, 0) is 0 Å². The highest BCUT2D eigenvalue weighted by Crippen LogP contribution is 2.21. The minimum Gasteiger partial charge on any atom is -0.303 e. The summed E-state index contributed by atoms with van der Waals surface area (Å²) >= 11 is 0. The molecule has 90 valence electrons. The second-order valence-electron chi connectivity index (χ2n) is 5.27. The molecule has 1 heterocycles. The van der Waals surface area contributed by atoms with E-state index < -0.39 is 0 Å². The van der Waals surface area contributed by atoms with Crippen molar-refractivity contribution in [3.05, 3.63) is 0 Å². The largest absolute Gasteiger partial charge is 0.303 e. The molecule has 2 rings (SSSR count). The second kappa shape index (κ2) is 5.65. The number of hydrogen-bond donors (Lipinski definition) is 1. The summed E-state index contributed by atoms with van der Waals surface area (Å²) < 4.78 is 0. The Morgan fingerprint density at radius 2 is 2.25 bits per heavy atom. The molecular weight excluding hydrogens is 198 g/mol. The Morgan fingerprint density at radius 1 is 1.44 bits per heavy atom. The Kier molecular flexibility index (Phi) is 4.20. The summed E-state index contributed by atoms with van der Waals surface area (Å²) in [7, 11) is 0. The molecule has 0 amide bonds. The van der Waals surface area contributed by atoms with Crippen molar-refractivity contribution >= 4 is 0 Å². The third-order valence-electron chi connectivity index (χ3n) is 3.85. The third-order valence-corrected chi connectivity index (χ3v) is 3.85. The van der Waals surface area contributed by atoms with Gasteiger partial charge in [-0.15, -0.1) is 0 Å². The minimum atomic E-state index is 0.0770. The van der Waals surface area contributed by atoms with E-state index in [9.17, 15) is 0 Å². The summed E-state index contributed by atoms with van der Waals surface area (Å²) in [5.74, 6) is 0.900. The lowest BCUT2D eigenvalue weighted by atomic mass is 10.1. The van der Waals surface area contributed by atoms with E-state index in [1.807, 2.05) is 0 Å². The SMILES string of the molecule is CCC1CCN(CCC(C#N)NC2CC2)C1. The molecule has 3 nitrogen and oxygen atoms in total. The van der Waals surface area contributed by atoms with Gasteiger partial charge in [0, 0.05) is 19.1 Å². The van der Waals surface area contributed by atoms with Crippen LogP contribution < -0.4 is 5.32 Å². The van der Waals surface area contributed by atoms with E-state index in [1.54, 1.807) is 0 Å². The van der Waals surface area contributed by atoms with Gasteiger partial charge in [-0.3, -0.25) is 5.32 Å². The van der Waals surface area contributed by atoms with Gasteiger partial charge >= 0.3 is 0 Å². The molecule has 0 aromatic carbocycles. The molecule has 0 aromatic heterocycles. The molecule has 2 aliphatic rings. The third kappa shape index (κ3) is 3.47. The topological polar surface area (TPSA) is 39.1 Å². The highest BCUT2D eigenvalue weighted by molar-refractivity contribution is 4.96. The van der Waals surface area contributed by atoms with Crippen molar-refractivity contribution in [1.29, 1.82) is 5.26 Å². The zero-order chi connectivity index (χ0) is 11.4. The monoisotopic (exact) mass is 221 g/mol. The highest BCUT2D eigenvalue weighted by atomic mass is 15.1. The zero-order valence-electron chi connectivity index (χ0n) is 10.3. The van der Waals surface area contributed by atoms with Crippen LogP contribution in [0.25, 0.3) is 0 Å². The van der Waals surface area contributed by atoms with E-state index in [2.05, 4.69) is 23.2 Å². The van der Waals surface area contributed by atoms with Gasteiger partial charge in [-0.1, -0.05) is 13.3 Å². The first-order valence-corrected chi connectivity index (χ1v) is 6.69. The van der Waals surface area contributed by atoms with Crippen LogP contribution in [0.5, 0.6) is 0 Å². The Balaban J connectivity index is 1.64. The Hall–Kier alpha value is -0.590. The molecule has 1 saturated carbocycles. The molecule has 1 saturated heterocycles. The molecule has 0 spiro atoms. The van der Waals surface area contributed by atoms with Crippen molar-refractivity contribution in [3.63, 3.8) is 0 Å². The molecule has 2 atom stereocenters. The van der Waals surface area contributed by atoms with E-state index in [-0.39, 0.29) is 6.04 Å². The molecule has 2 unspecified atom stereocenters. The number of nitrogens with zero attached hydrogens (tertiary/aromatic N) is 2. The normalized spacial score (nSPS) is 27.9. The van der Waals surface area contributed by atoms with Crippen LogP contribution in [0.2, 0.25) is 0 Å². The highest BCUT2D eigenvalue weighted by Gasteiger charge is 2.26. The number of likely N-dealkylation sites (tertiary alicyclic amines) is 1. The van der Waals surface area contributed by atoms with Crippen molar-refractivity contribution in [2.45, 2.75) is 51.1 Å². The van der Waals surface area contributed by atoms with Crippen LogP contribution in [0, 0.1) is 17.2 Å². The summed E-state index contributed by atoms with van der Waals surface area (Å²) in [6.45, 7) is 5.85. The standard InChI is InChI=1S/C13H23N3/c1-2-11-5-7-16(10-11)8-6-13(9-14)15-12-3-4-12/h11-13,15H,2-8,10H2,1H3. The molecule has 1 N–H and O–H groups in total. The van der Waals surface area contributed by atoms with Gasteiger partial charge in [0.2, 0.25) is 0 Å². The first-order chi connectivity index (χ1) is 7.81. The van der Waals surface area contributed by atoms with Gasteiger partial charge in [-0.2, -0.15) is 5.26 Å². The van der Waals surface area contributed by atoms with Gasteiger partial charge in [-0.05, 0) is 38.1 Å². The van der Waals surface area contributed by atoms with E-state index in [0.29, 0.717) is 6.04 Å². The van der Waals surface area contributed by atoms with Gasteiger partial charge in [0.15, 0.2) is 0 Å². The smallest absolute Gasteiger partial charge is 0.0967 e. The summed E-state index contributed by atoms with van der Waals surface area (Å²) in [5.41, 5.74) is 0. The summed E-state index contributed by atoms with van der Waals surface area (Å²) in [6, 6.07) is 3.11. The van der Waals surface area contributed by atoms with Crippen molar-refractivity contribution in [2.24, 2.45) is 5.92 Å². The van der Waals surface area contributed by atoms with Crippen molar-refractivity contribution < 1.29 is 0 Å². The fourth-order valence-corrected chi connectivity index (χ4v) is 2.48. The van der Waals surface area contributed by atoms with Crippen LogP contribution in [0.3, 0.4) is 0 Å². The molecule has 1 aliphatic carbocycles. The minimum absolute atomic E-state index is 0.0770. The van der Waals surface area contributed by atoms with E-state index in [4.69, 9.17) is 5.26 Å². The van der Waals surface area contributed by atoms with Crippen LogP contribution in [-0.4, -0.2) is 36.6 Å². The number of nitriles is 1. The summed E-state index contributed by atoms with van der Waals surface area (Å²) in [5, 5.41) is 12.4. The van der Waals surface area contributed by atoms with E-state index in [1.165, 1.54) is 38.8 Å². The van der Waals surface area contributed by atoms with Crippen molar-refractivity contribution in [3.8, 4) is 6.07 Å². The van der Waals surface area contributed by atoms with Crippen LogP contribution >= 0.6 is 0 Å². The molecule has 0 bridgehead atoms. The quantitative estimate of drug-likeness (QED) is 0.742. The first-order valence-electron chi connectivity index (χ1n) is 6.69. The lowest BCUT2D eigenvalue weighted by molar-refractivity contribution is 0.307. The maximum absolute atomic E-state index is 9.04. The van der Waals surface area contributed by atoms with Gasteiger partial charge < -0.3 is 4.90 Å². The number of hydrogen-bond acceptors (Lipinski definition) is 3. The molecule has 1 aliphatic heterocycles. The Labute approximate surface area is 98.8 Å². The predicted octanol–water partition coefficient (Wildman–Crippen LogP) is 1.75. The lowest BCUT2D eigenvalue weighted by Crippen LogP contribution is -2.34. The molecule has 2 fully saturated rings. The van der Waals surface area contributed by atoms with Crippen LogP contribution in [0.15, 0.2) is 0 Å². The second-order valence-corrected chi connectivity index (χ2v) is 5.27.